The maximum Gasteiger partial charge on any atom is 0.490 e. The van der Waals surface area contributed by atoms with E-state index in [9.17, 15) is 38.4 Å². The zero-order chi connectivity index (χ0) is 24.0. The van der Waals surface area contributed by atoms with E-state index in [4.69, 9.17) is 19.4 Å². The zero-order valence-electron chi connectivity index (χ0n) is 15.3. The minimum absolute atomic E-state index is 0.251. The number of halogens is 1. The number of nitrogens with zero attached hydrogens (tertiary/aromatic N) is 1. The third kappa shape index (κ3) is 6.36. The first-order valence-electron chi connectivity index (χ1n) is 7.94. The van der Waals surface area contributed by atoms with E-state index in [0.29, 0.717) is 4.90 Å². The lowest BCUT2D eigenvalue weighted by atomic mass is 9.94. The monoisotopic (exact) mass is 518 g/mol. The topological polar surface area (TPSA) is 259 Å². The second-order valence-electron chi connectivity index (χ2n) is 6.55. The van der Waals surface area contributed by atoms with Gasteiger partial charge in [-0.2, -0.15) is 8.62 Å². The van der Waals surface area contributed by atoms with E-state index in [-0.39, 0.29) is 13.0 Å². The number of imide groups is 1. The fourth-order valence-corrected chi connectivity index (χ4v) is 5.74. The smallest absolute Gasteiger partial charge is 0.384 e. The SMILES string of the molecule is C[C@]1(O)[C@H](N2CCC(=O)NC2=O)O[C@@](F)(COP(=O)(O)OP(=O)(O)OP(=O)(O)O)[C@H]1O. The van der Waals surface area contributed by atoms with Gasteiger partial charge in [-0.1, -0.05) is 0 Å². The Morgan fingerprint density at radius 3 is 2.29 bits per heavy atom. The minimum Gasteiger partial charge on any atom is -0.384 e. The van der Waals surface area contributed by atoms with Crippen molar-refractivity contribution in [2.24, 2.45) is 0 Å². The van der Waals surface area contributed by atoms with Crippen LogP contribution < -0.4 is 5.32 Å². The quantitative estimate of drug-likeness (QED) is 0.179. The standard InChI is InChI=1S/C10H18FN2O15P3/c1-9(17)6(15)10(11,26-7(9)13-3-2-5(14)12-8(13)16)4-25-30(21,22)28-31(23,24)27-29(18,19)20/h6-7,15,17H,2-4H2,1H3,(H,21,22)(H,23,24)(H,12,14,16)(H2,18,19,20)/t6-,7+,9+,10-/m0/s1. The van der Waals surface area contributed by atoms with Crippen molar-refractivity contribution >= 4 is 35.4 Å². The summed E-state index contributed by atoms with van der Waals surface area (Å²) in [6.45, 7) is -1.23. The van der Waals surface area contributed by atoms with Crippen LogP contribution in [0.15, 0.2) is 0 Å². The highest BCUT2D eigenvalue weighted by molar-refractivity contribution is 7.66. The molecule has 180 valence electrons. The fourth-order valence-electron chi connectivity index (χ4n) is 2.71. The molecule has 7 N–H and O–H groups in total. The molecule has 0 bridgehead atoms. The minimum atomic E-state index is -5.88. The summed E-state index contributed by atoms with van der Waals surface area (Å²) in [6.07, 6.45) is -4.69. The van der Waals surface area contributed by atoms with Crippen LogP contribution in [0.2, 0.25) is 0 Å². The second kappa shape index (κ2) is 8.50. The molecule has 2 aliphatic heterocycles. The van der Waals surface area contributed by atoms with Gasteiger partial charge in [0.25, 0.3) is 5.85 Å². The average molecular weight is 518 g/mol. The molecule has 2 rings (SSSR count). The molecule has 0 aliphatic carbocycles. The van der Waals surface area contributed by atoms with Crippen LogP contribution in [0.1, 0.15) is 13.3 Å². The Bertz CT molecular complexity index is 892. The summed E-state index contributed by atoms with van der Waals surface area (Å²) in [7, 11) is -17.3. The van der Waals surface area contributed by atoms with Crippen molar-refractivity contribution in [3.63, 3.8) is 0 Å². The van der Waals surface area contributed by atoms with Gasteiger partial charge in [0.1, 0.15) is 18.3 Å². The third-order valence-corrected chi connectivity index (χ3v) is 7.76. The van der Waals surface area contributed by atoms with E-state index in [1.54, 1.807) is 0 Å². The molecule has 0 radical (unpaired) electrons. The lowest BCUT2D eigenvalue weighted by molar-refractivity contribution is -0.209. The van der Waals surface area contributed by atoms with Crippen molar-refractivity contribution in [3.05, 3.63) is 0 Å². The van der Waals surface area contributed by atoms with Crippen LogP contribution in [0.3, 0.4) is 0 Å². The molecular formula is C10H18FN2O15P3. The summed E-state index contributed by atoms with van der Waals surface area (Å²) in [4.78, 5) is 59.1. The normalized spacial score (nSPS) is 36.1. The molecule has 21 heteroatoms. The average Bonchev–Trinajstić information content (AvgIpc) is 2.71. The molecule has 0 aromatic carbocycles. The van der Waals surface area contributed by atoms with Gasteiger partial charge in [-0.3, -0.25) is 19.5 Å². The van der Waals surface area contributed by atoms with Crippen molar-refractivity contribution in [2.45, 2.75) is 37.1 Å². The molecule has 0 aromatic heterocycles. The first-order chi connectivity index (χ1) is 13.8. The van der Waals surface area contributed by atoms with Crippen molar-refractivity contribution < 1.29 is 75.3 Å². The first-order valence-corrected chi connectivity index (χ1v) is 12.5. The van der Waals surface area contributed by atoms with Crippen molar-refractivity contribution in [3.8, 4) is 0 Å². The van der Waals surface area contributed by atoms with Crippen molar-refractivity contribution in [1.29, 1.82) is 0 Å². The largest absolute Gasteiger partial charge is 0.490 e. The van der Waals surface area contributed by atoms with Crippen LogP contribution in [0, 0.1) is 0 Å². The van der Waals surface area contributed by atoms with E-state index in [1.807, 2.05) is 5.32 Å². The van der Waals surface area contributed by atoms with Gasteiger partial charge in [0.2, 0.25) is 5.91 Å². The van der Waals surface area contributed by atoms with E-state index < -0.39 is 65.8 Å². The van der Waals surface area contributed by atoms with Gasteiger partial charge >= 0.3 is 29.5 Å². The maximum absolute atomic E-state index is 15.1. The van der Waals surface area contributed by atoms with E-state index >= 15 is 4.39 Å². The number of rotatable bonds is 8. The number of phosphoric ester groups is 1. The number of aliphatic hydroxyl groups is 2. The number of phosphoric acid groups is 3. The molecule has 0 aromatic rings. The number of hydrogen-bond donors (Lipinski definition) is 7. The zero-order valence-corrected chi connectivity index (χ0v) is 18.0. The van der Waals surface area contributed by atoms with Gasteiger partial charge in [-0.05, 0) is 6.92 Å². The molecular weight excluding hydrogens is 500 g/mol. The number of amides is 3. The second-order valence-corrected chi connectivity index (χ2v) is 11.0. The Labute approximate surface area is 172 Å². The Kier molecular flexibility index (Phi) is 7.24. The summed E-state index contributed by atoms with van der Waals surface area (Å²) in [5.74, 6) is -4.17. The summed E-state index contributed by atoms with van der Waals surface area (Å²) < 4.78 is 64.4. The van der Waals surface area contributed by atoms with Gasteiger partial charge in [0.15, 0.2) is 6.23 Å². The highest BCUT2D eigenvalue weighted by Crippen LogP contribution is 2.66. The first kappa shape index (κ1) is 26.4. The van der Waals surface area contributed by atoms with Crippen LogP contribution in [0.5, 0.6) is 0 Å². The number of urea groups is 1. The molecule has 2 saturated heterocycles. The van der Waals surface area contributed by atoms with Crippen LogP contribution in [-0.2, 0) is 36.4 Å². The fraction of sp³-hybridized carbons (Fsp3) is 0.800. The molecule has 0 spiro atoms. The number of nitrogens with one attached hydrogen (secondary N) is 1. The molecule has 2 heterocycles. The molecule has 31 heavy (non-hydrogen) atoms. The van der Waals surface area contributed by atoms with Gasteiger partial charge in [-0.15, -0.1) is 0 Å². The van der Waals surface area contributed by atoms with Gasteiger partial charge < -0.3 is 34.5 Å². The Balaban J connectivity index is 2.13. The van der Waals surface area contributed by atoms with Crippen LogP contribution in [-0.4, -0.2) is 83.6 Å². The lowest BCUT2D eigenvalue weighted by Gasteiger charge is -2.36. The van der Waals surface area contributed by atoms with E-state index in [1.165, 1.54) is 0 Å². The van der Waals surface area contributed by atoms with Crippen molar-refractivity contribution in [2.75, 3.05) is 13.2 Å². The molecule has 6 atom stereocenters. The summed E-state index contributed by atoms with van der Waals surface area (Å²) in [5, 5.41) is 22.4. The van der Waals surface area contributed by atoms with E-state index in [2.05, 4.69) is 13.1 Å². The lowest BCUT2D eigenvalue weighted by Crippen LogP contribution is -2.60. The Morgan fingerprint density at radius 2 is 1.77 bits per heavy atom. The number of alkyl halides is 1. The van der Waals surface area contributed by atoms with Crippen LogP contribution in [0.4, 0.5) is 9.18 Å². The highest BCUT2D eigenvalue weighted by atomic mass is 31.3. The maximum atomic E-state index is 15.1. The van der Waals surface area contributed by atoms with Gasteiger partial charge in [0.05, 0.1) is 0 Å². The summed E-state index contributed by atoms with van der Waals surface area (Å²) >= 11 is 0. The number of aliphatic hydroxyl groups excluding tert-OH is 1. The molecule has 2 aliphatic rings. The molecule has 0 saturated carbocycles. The van der Waals surface area contributed by atoms with Gasteiger partial charge in [-0.25, -0.2) is 22.9 Å². The third-order valence-electron chi connectivity index (χ3n) is 3.98. The highest BCUT2D eigenvalue weighted by Gasteiger charge is 2.65. The Hall–Kier alpha value is -0.840. The van der Waals surface area contributed by atoms with E-state index in [0.717, 1.165) is 6.92 Å². The molecule has 17 nitrogen and oxygen atoms in total. The number of hydrogen-bond acceptors (Lipinski definition) is 11. The molecule has 2 fully saturated rings. The number of carbonyl (C=O) groups excluding carboxylic acids is 2. The van der Waals surface area contributed by atoms with Crippen molar-refractivity contribution in [1.82, 2.24) is 10.2 Å². The number of carbonyl (C=O) groups is 2. The predicted octanol–water partition coefficient (Wildman–Crippen LogP) is -1.59. The molecule has 3 amide bonds. The summed E-state index contributed by atoms with van der Waals surface area (Å²) in [6, 6.07) is -1.09. The van der Waals surface area contributed by atoms with Gasteiger partial charge in [0, 0.05) is 13.0 Å². The summed E-state index contributed by atoms with van der Waals surface area (Å²) in [5.41, 5.74) is -2.54. The Morgan fingerprint density at radius 1 is 1.19 bits per heavy atom. The molecule has 2 unspecified atom stereocenters. The predicted molar refractivity (Wildman–Crippen MR) is 90.0 cm³/mol. The van der Waals surface area contributed by atoms with Crippen LogP contribution in [0.25, 0.3) is 0 Å². The van der Waals surface area contributed by atoms with Crippen LogP contribution >= 0.6 is 23.5 Å². The number of ether oxygens (including phenoxy) is 1.